The van der Waals surface area contributed by atoms with Gasteiger partial charge in [0.25, 0.3) is 0 Å². The number of hydrogen-bond donors (Lipinski definition) is 2. The van der Waals surface area contributed by atoms with E-state index in [1.807, 2.05) is 23.1 Å². The van der Waals surface area contributed by atoms with Crippen LogP contribution in [0.2, 0.25) is 5.02 Å². The monoisotopic (exact) mass is 437 g/mol. The number of halogens is 3. The second-order valence-electron chi connectivity index (χ2n) is 9.20. The molecule has 0 bridgehead atoms. The molecule has 0 saturated heterocycles. The minimum Gasteiger partial charge on any atom is -0.356 e. The van der Waals surface area contributed by atoms with E-state index in [1.54, 1.807) is 0 Å². The highest BCUT2D eigenvalue weighted by Crippen LogP contribution is 2.38. The average Bonchev–Trinajstić information content (AvgIpc) is 3.05. The molecule has 7 heteroatoms. The lowest BCUT2D eigenvalue weighted by atomic mass is 9.91. The first-order chi connectivity index (χ1) is 14.2. The number of nitrogens with one attached hydrogen (secondary N) is 2. The molecule has 2 heterocycles. The third-order valence-electron chi connectivity index (χ3n) is 6.49. The third kappa shape index (κ3) is 4.50. The Hall–Kier alpha value is -1.66. The van der Waals surface area contributed by atoms with Crippen LogP contribution in [-0.2, 0) is 11.2 Å². The third-order valence-corrected chi connectivity index (χ3v) is 6.72. The molecule has 2 aliphatic rings. The molecular formula is C23H30ClF2N3O. The summed E-state index contributed by atoms with van der Waals surface area (Å²) in [5.41, 5.74) is 3.41. The number of H-pyrrole nitrogens is 1. The van der Waals surface area contributed by atoms with Crippen molar-refractivity contribution in [3.05, 3.63) is 34.5 Å². The van der Waals surface area contributed by atoms with Crippen molar-refractivity contribution < 1.29 is 13.6 Å². The molecule has 164 valence electrons. The Balaban J connectivity index is 1.50. The van der Waals surface area contributed by atoms with Crippen LogP contribution in [0, 0.1) is 5.92 Å². The molecule has 1 aromatic carbocycles. The molecule has 4 rings (SSSR count). The molecule has 1 amide bonds. The largest absolute Gasteiger partial charge is 0.356 e. The van der Waals surface area contributed by atoms with Crippen LogP contribution in [0.4, 0.5) is 8.78 Å². The van der Waals surface area contributed by atoms with Crippen molar-refractivity contribution in [2.24, 2.45) is 5.92 Å². The number of amides is 1. The fourth-order valence-corrected chi connectivity index (χ4v) is 5.08. The van der Waals surface area contributed by atoms with Crippen molar-refractivity contribution in [2.75, 3.05) is 13.1 Å². The summed E-state index contributed by atoms with van der Waals surface area (Å²) in [6, 6.07) is 5.85. The molecule has 2 aromatic rings. The van der Waals surface area contributed by atoms with Crippen molar-refractivity contribution in [2.45, 2.75) is 70.4 Å². The maximum Gasteiger partial charge on any atom is 0.248 e. The van der Waals surface area contributed by atoms with E-state index in [2.05, 4.69) is 24.1 Å². The van der Waals surface area contributed by atoms with Crippen molar-refractivity contribution in [3.63, 3.8) is 0 Å². The van der Waals surface area contributed by atoms with Gasteiger partial charge < -0.3 is 15.2 Å². The molecule has 1 unspecified atom stereocenters. The first-order valence-corrected chi connectivity index (χ1v) is 11.3. The summed E-state index contributed by atoms with van der Waals surface area (Å²) < 4.78 is 26.8. The van der Waals surface area contributed by atoms with Gasteiger partial charge in [0.05, 0.1) is 12.6 Å². The fraction of sp³-hybridized carbons (Fsp3) is 0.609. The van der Waals surface area contributed by atoms with Gasteiger partial charge >= 0.3 is 0 Å². The van der Waals surface area contributed by atoms with E-state index < -0.39 is 5.92 Å². The standard InChI is InChI=1S/C23H30ClF2N3O/c1-14(2)11-20-22-17(18-12-15(24)3-4-19(18)28-22)7-10-29(20)21(30)13-27-16-5-8-23(25,26)9-6-16/h3-4,12,14,16,20,27-28H,5-11,13H2,1-2H3. The SMILES string of the molecule is CC(C)CC1c2[nH]c3ccc(Cl)cc3c2CCN1C(=O)CNC1CCC(F)(F)CC1. The van der Waals surface area contributed by atoms with Crippen molar-refractivity contribution >= 4 is 28.4 Å². The summed E-state index contributed by atoms with van der Waals surface area (Å²) >= 11 is 6.22. The summed E-state index contributed by atoms with van der Waals surface area (Å²) in [5.74, 6) is -2.08. The van der Waals surface area contributed by atoms with Gasteiger partial charge in [-0.3, -0.25) is 4.79 Å². The number of nitrogens with zero attached hydrogens (tertiary/aromatic N) is 1. The van der Waals surface area contributed by atoms with Gasteiger partial charge in [0, 0.05) is 47.0 Å². The number of aromatic nitrogens is 1. The normalized spacial score (nSPS) is 21.9. The van der Waals surface area contributed by atoms with Crippen molar-refractivity contribution in [3.8, 4) is 0 Å². The first kappa shape index (κ1) is 21.6. The second kappa shape index (κ2) is 8.46. The molecule has 1 aliphatic carbocycles. The number of aromatic amines is 1. The van der Waals surface area contributed by atoms with Gasteiger partial charge in [0.2, 0.25) is 11.8 Å². The fourth-order valence-electron chi connectivity index (χ4n) is 4.91. The number of carbonyl (C=O) groups excluding carboxylic acids is 1. The molecular weight excluding hydrogens is 408 g/mol. The van der Waals surface area contributed by atoms with E-state index in [1.165, 1.54) is 5.56 Å². The average molecular weight is 438 g/mol. The Bertz CT molecular complexity index is 917. The quantitative estimate of drug-likeness (QED) is 0.652. The summed E-state index contributed by atoms with van der Waals surface area (Å²) in [7, 11) is 0. The van der Waals surface area contributed by atoms with Crippen molar-refractivity contribution in [1.29, 1.82) is 0 Å². The molecule has 1 atom stereocenters. The number of alkyl halides is 2. The molecule has 30 heavy (non-hydrogen) atoms. The Labute approximate surface area is 181 Å². The minimum atomic E-state index is -2.55. The predicted octanol–water partition coefficient (Wildman–Crippen LogP) is 5.46. The van der Waals surface area contributed by atoms with Gasteiger partial charge in [0.1, 0.15) is 0 Å². The van der Waals surface area contributed by atoms with Crippen LogP contribution in [0.25, 0.3) is 10.9 Å². The van der Waals surface area contributed by atoms with E-state index >= 15 is 0 Å². The molecule has 2 N–H and O–H groups in total. The highest BCUT2D eigenvalue weighted by molar-refractivity contribution is 6.31. The van der Waals surface area contributed by atoms with Gasteiger partial charge in [-0.15, -0.1) is 0 Å². The van der Waals surface area contributed by atoms with E-state index in [0.717, 1.165) is 29.4 Å². The topological polar surface area (TPSA) is 48.1 Å². The summed E-state index contributed by atoms with van der Waals surface area (Å²) in [4.78, 5) is 18.6. The van der Waals surface area contributed by atoms with E-state index in [0.29, 0.717) is 30.3 Å². The number of rotatable bonds is 5. The highest BCUT2D eigenvalue weighted by Gasteiger charge is 2.36. The van der Waals surface area contributed by atoms with Crippen LogP contribution in [0.15, 0.2) is 18.2 Å². The molecule has 1 aliphatic heterocycles. The second-order valence-corrected chi connectivity index (χ2v) is 9.64. The van der Waals surface area contributed by atoms with Gasteiger partial charge in [-0.1, -0.05) is 25.4 Å². The minimum absolute atomic E-state index is 0.00677. The number of benzene rings is 1. The summed E-state index contributed by atoms with van der Waals surface area (Å²) in [5, 5.41) is 5.09. The lowest BCUT2D eigenvalue weighted by Crippen LogP contribution is -2.47. The van der Waals surface area contributed by atoms with E-state index in [-0.39, 0.29) is 37.4 Å². The zero-order valence-electron chi connectivity index (χ0n) is 17.6. The zero-order chi connectivity index (χ0) is 21.5. The van der Waals surface area contributed by atoms with Crippen LogP contribution in [0.3, 0.4) is 0 Å². The summed E-state index contributed by atoms with van der Waals surface area (Å²) in [6.45, 7) is 5.19. The Kier molecular flexibility index (Phi) is 6.08. The van der Waals surface area contributed by atoms with Crippen LogP contribution >= 0.6 is 11.6 Å². The Morgan fingerprint density at radius 2 is 2.07 bits per heavy atom. The lowest BCUT2D eigenvalue weighted by Gasteiger charge is -2.37. The van der Waals surface area contributed by atoms with Crippen molar-refractivity contribution in [1.82, 2.24) is 15.2 Å². The summed E-state index contributed by atoms with van der Waals surface area (Å²) in [6.07, 6.45) is 2.30. The molecule has 1 saturated carbocycles. The van der Waals surface area contributed by atoms with E-state index in [9.17, 15) is 13.6 Å². The van der Waals surface area contributed by atoms with Crippen LogP contribution in [0.1, 0.15) is 63.3 Å². The molecule has 1 aromatic heterocycles. The number of carbonyl (C=O) groups is 1. The van der Waals surface area contributed by atoms with Crippen LogP contribution in [-0.4, -0.2) is 40.8 Å². The molecule has 1 fully saturated rings. The molecule has 4 nitrogen and oxygen atoms in total. The van der Waals surface area contributed by atoms with Gasteiger partial charge in [0.15, 0.2) is 0 Å². The maximum atomic E-state index is 13.4. The maximum absolute atomic E-state index is 13.4. The zero-order valence-corrected chi connectivity index (χ0v) is 18.4. The first-order valence-electron chi connectivity index (χ1n) is 10.9. The molecule has 0 radical (unpaired) electrons. The smallest absolute Gasteiger partial charge is 0.248 e. The predicted molar refractivity (Wildman–Crippen MR) is 116 cm³/mol. The number of hydrogen-bond acceptors (Lipinski definition) is 2. The Morgan fingerprint density at radius 1 is 1.33 bits per heavy atom. The molecule has 0 spiro atoms. The number of fused-ring (bicyclic) bond motifs is 3. The lowest BCUT2D eigenvalue weighted by molar-refractivity contribution is -0.133. The van der Waals surface area contributed by atoms with Gasteiger partial charge in [-0.05, 0) is 55.4 Å². The van der Waals surface area contributed by atoms with Gasteiger partial charge in [-0.2, -0.15) is 0 Å². The van der Waals surface area contributed by atoms with Crippen LogP contribution < -0.4 is 5.32 Å². The highest BCUT2D eigenvalue weighted by atomic mass is 35.5. The Morgan fingerprint density at radius 3 is 2.77 bits per heavy atom. The van der Waals surface area contributed by atoms with E-state index in [4.69, 9.17) is 11.6 Å². The van der Waals surface area contributed by atoms with Crippen LogP contribution in [0.5, 0.6) is 0 Å². The van der Waals surface area contributed by atoms with Gasteiger partial charge in [-0.25, -0.2) is 8.78 Å².